The van der Waals surface area contributed by atoms with Crippen LogP contribution in [0.4, 0.5) is 0 Å². The minimum Gasteiger partial charge on any atom is -0.293 e. The van der Waals surface area contributed by atoms with Gasteiger partial charge < -0.3 is 0 Å². The number of hydrogen-bond acceptors (Lipinski definition) is 3. The molecule has 0 aliphatic carbocycles. The van der Waals surface area contributed by atoms with E-state index in [0.717, 1.165) is 11.8 Å². The molecular formula is C10H12O3S. The summed E-state index contributed by atoms with van der Waals surface area (Å²) < 4.78 is 21.8. The number of sulfone groups is 1. The zero-order valence-corrected chi connectivity index (χ0v) is 8.97. The second-order valence-corrected chi connectivity index (χ2v) is 5.45. The fourth-order valence-electron chi connectivity index (χ4n) is 1.20. The third-order valence-electron chi connectivity index (χ3n) is 1.84. The number of Topliss-reactive ketones (excluding diaryl/α,β-unsaturated/α-hetero) is 1. The second kappa shape index (κ2) is 3.92. The Bertz CT molecular complexity index is 446. The largest absolute Gasteiger partial charge is 0.293 e. The Morgan fingerprint density at radius 3 is 2.36 bits per heavy atom. The van der Waals surface area contributed by atoms with Gasteiger partial charge in [0.25, 0.3) is 0 Å². The monoisotopic (exact) mass is 212 g/mol. The summed E-state index contributed by atoms with van der Waals surface area (Å²) in [5.74, 6) is -0.761. The van der Waals surface area contributed by atoms with Crippen molar-refractivity contribution in [3.05, 3.63) is 35.4 Å². The molecule has 1 aromatic carbocycles. The first-order valence-corrected chi connectivity index (χ1v) is 6.23. The first-order chi connectivity index (χ1) is 6.40. The van der Waals surface area contributed by atoms with Gasteiger partial charge >= 0.3 is 0 Å². The maximum atomic E-state index is 11.5. The normalized spacial score (nSPS) is 11.3. The highest BCUT2D eigenvalue weighted by atomic mass is 32.2. The first-order valence-electron chi connectivity index (χ1n) is 4.17. The van der Waals surface area contributed by atoms with Crippen molar-refractivity contribution in [1.82, 2.24) is 0 Å². The number of aryl methyl sites for hydroxylation is 1. The molecule has 0 bridgehead atoms. The van der Waals surface area contributed by atoms with Crippen LogP contribution in [0.15, 0.2) is 24.3 Å². The van der Waals surface area contributed by atoms with Crippen LogP contribution in [0.5, 0.6) is 0 Å². The summed E-state index contributed by atoms with van der Waals surface area (Å²) in [6.07, 6.45) is 1.06. The lowest BCUT2D eigenvalue weighted by Crippen LogP contribution is -2.15. The fraction of sp³-hybridized carbons (Fsp3) is 0.300. The molecule has 76 valence electrons. The molecule has 0 saturated carbocycles. The van der Waals surface area contributed by atoms with E-state index < -0.39 is 15.6 Å². The van der Waals surface area contributed by atoms with Crippen molar-refractivity contribution < 1.29 is 13.2 Å². The third-order valence-corrected chi connectivity index (χ3v) is 2.63. The Labute approximate surface area is 83.7 Å². The van der Waals surface area contributed by atoms with Gasteiger partial charge in [-0.3, -0.25) is 4.79 Å². The van der Waals surface area contributed by atoms with Gasteiger partial charge in [-0.15, -0.1) is 0 Å². The summed E-state index contributed by atoms with van der Waals surface area (Å²) in [6, 6.07) is 6.97. The van der Waals surface area contributed by atoms with Crippen LogP contribution in [0.2, 0.25) is 0 Å². The summed E-state index contributed by atoms with van der Waals surface area (Å²) in [4.78, 5) is 11.5. The van der Waals surface area contributed by atoms with E-state index in [4.69, 9.17) is 0 Å². The van der Waals surface area contributed by atoms with Crippen LogP contribution in [-0.2, 0) is 9.84 Å². The van der Waals surface area contributed by atoms with Gasteiger partial charge in [-0.1, -0.05) is 24.3 Å². The van der Waals surface area contributed by atoms with Crippen molar-refractivity contribution in [1.29, 1.82) is 0 Å². The SMILES string of the molecule is Cc1ccccc1C(=O)CS(C)(=O)=O. The third kappa shape index (κ3) is 2.96. The van der Waals surface area contributed by atoms with Crippen molar-refractivity contribution in [2.45, 2.75) is 6.92 Å². The molecule has 0 amide bonds. The number of benzene rings is 1. The van der Waals surface area contributed by atoms with Crippen LogP contribution < -0.4 is 0 Å². The van der Waals surface area contributed by atoms with Crippen LogP contribution in [0.25, 0.3) is 0 Å². The zero-order valence-electron chi connectivity index (χ0n) is 8.15. The lowest BCUT2D eigenvalue weighted by Gasteiger charge is -2.02. The summed E-state index contributed by atoms with van der Waals surface area (Å²) in [6.45, 7) is 1.79. The van der Waals surface area contributed by atoms with E-state index in [1.807, 2.05) is 6.07 Å². The van der Waals surface area contributed by atoms with Crippen molar-refractivity contribution in [3.8, 4) is 0 Å². The molecule has 0 radical (unpaired) electrons. The number of carbonyl (C=O) groups excluding carboxylic acids is 1. The van der Waals surface area contributed by atoms with Gasteiger partial charge in [-0.2, -0.15) is 0 Å². The maximum absolute atomic E-state index is 11.5. The van der Waals surface area contributed by atoms with Crippen LogP contribution in [0.1, 0.15) is 15.9 Å². The van der Waals surface area contributed by atoms with Crippen LogP contribution in [0, 0.1) is 6.92 Å². The van der Waals surface area contributed by atoms with Crippen molar-refractivity contribution >= 4 is 15.6 Å². The van der Waals surface area contributed by atoms with Crippen LogP contribution in [0.3, 0.4) is 0 Å². The zero-order chi connectivity index (χ0) is 10.8. The van der Waals surface area contributed by atoms with Gasteiger partial charge in [0.1, 0.15) is 5.75 Å². The molecule has 0 aliphatic rings. The van der Waals surface area contributed by atoms with Gasteiger partial charge in [0.15, 0.2) is 15.6 Å². The van der Waals surface area contributed by atoms with E-state index >= 15 is 0 Å². The Morgan fingerprint density at radius 1 is 1.29 bits per heavy atom. The van der Waals surface area contributed by atoms with Gasteiger partial charge in [0, 0.05) is 11.8 Å². The number of ketones is 1. The van der Waals surface area contributed by atoms with E-state index in [0.29, 0.717) is 5.56 Å². The number of carbonyl (C=O) groups is 1. The van der Waals surface area contributed by atoms with E-state index in [9.17, 15) is 13.2 Å². The molecule has 4 heteroatoms. The second-order valence-electron chi connectivity index (χ2n) is 3.31. The van der Waals surface area contributed by atoms with Gasteiger partial charge in [-0.25, -0.2) is 8.42 Å². The lowest BCUT2D eigenvalue weighted by molar-refractivity contribution is 0.102. The minimum absolute atomic E-state index is 0.342. The molecule has 14 heavy (non-hydrogen) atoms. The van der Waals surface area contributed by atoms with Gasteiger partial charge in [0.2, 0.25) is 0 Å². The molecule has 0 atom stereocenters. The van der Waals surface area contributed by atoms with E-state index in [-0.39, 0.29) is 5.78 Å². The van der Waals surface area contributed by atoms with Crippen molar-refractivity contribution in [3.63, 3.8) is 0 Å². The lowest BCUT2D eigenvalue weighted by atomic mass is 10.1. The maximum Gasteiger partial charge on any atom is 0.178 e. The molecule has 3 nitrogen and oxygen atoms in total. The first kappa shape index (κ1) is 10.9. The van der Waals surface area contributed by atoms with E-state index in [2.05, 4.69) is 0 Å². The van der Waals surface area contributed by atoms with Crippen molar-refractivity contribution in [2.75, 3.05) is 12.0 Å². The summed E-state index contributed by atoms with van der Waals surface area (Å²) >= 11 is 0. The predicted molar refractivity (Wildman–Crippen MR) is 55.2 cm³/mol. The number of hydrogen-bond donors (Lipinski definition) is 0. The molecular weight excluding hydrogens is 200 g/mol. The molecule has 1 aromatic rings. The fourth-order valence-corrected chi connectivity index (χ4v) is 1.83. The quantitative estimate of drug-likeness (QED) is 0.708. The summed E-state index contributed by atoms with van der Waals surface area (Å²) in [5.41, 5.74) is 1.29. The van der Waals surface area contributed by atoms with Crippen molar-refractivity contribution in [2.24, 2.45) is 0 Å². The Kier molecular flexibility index (Phi) is 3.06. The predicted octanol–water partition coefficient (Wildman–Crippen LogP) is 1.22. The van der Waals surface area contributed by atoms with E-state index in [1.165, 1.54) is 0 Å². The Hall–Kier alpha value is -1.16. The highest BCUT2D eigenvalue weighted by molar-refractivity contribution is 7.91. The average molecular weight is 212 g/mol. The average Bonchev–Trinajstić information content (AvgIpc) is 2.01. The Morgan fingerprint density at radius 2 is 1.86 bits per heavy atom. The molecule has 0 N–H and O–H groups in total. The van der Waals surface area contributed by atoms with Gasteiger partial charge in [-0.05, 0) is 12.5 Å². The highest BCUT2D eigenvalue weighted by Gasteiger charge is 2.14. The minimum atomic E-state index is -3.24. The molecule has 0 aliphatic heterocycles. The Balaban J connectivity index is 2.97. The van der Waals surface area contributed by atoms with E-state index in [1.54, 1.807) is 25.1 Å². The molecule has 1 rings (SSSR count). The molecule has 0 fully saturated rings. The smallest absolute Gasteiger partial charge is 0.178 e. The van der Waals surface area contributed by atoms with Gasteiger partial charge in [0.05, 0.1) is 0 Å². The molecule has 0 heterocycles. The van der Waals surface area contributed by atoms with Crippen LogP contribution >= 0.6 is 0 Å². The standard InChI is InChI=1S/C10H12O3S/c1-8-5-3-4-6-9(8)10(11)7-14(2,12)13/h3-6H,7H2,1-2H3. The molecule has 0 saturated heterocycles. The molecule has 0 spiro atoms. The molecule has 0 unspecified atom stereocenters. The molecule has 0 aromatic heterocycles. The summed E-state index contributed by atoms with van der Waals surface area (Å²) in [7, 11) is -3.24. The summed E-state index contributed by atoms with van der Waals surface area (Å²) in [5, 5.41) is 0. The van der Waals surface area contributed by atoms with Crippen LogP contribution in [-0.4, -0.2) is 26.2 Å². The number of rotatable bonds is 3. The topological polar surface area (TPSA) is 51.2 Å². The highest BCUT2D eigenvalue weighted by Crippen LogP contribution is 2.08.